The third kappa shape index (κ3) is 5.17. The normalized spacial score (nSPS) is 11.0. The Bertz CT molecular complexity index is 224. The van der Waals surface area contributed by atoms with E-state index < -0.39 is 11.8 Å². The number of methoxy groups -OCH3 is 1. The van der Waals surface area contributed by atoms with E-state index in [4.69, 9.17) is 9.47 Å². The highest BCUT2D eigenvalue weighted by atomic mass is 16.5. The van der Waals surface area contributed by atoms with Gasteiger partial charge in [0.15, 0.2) is 5.78 Å². The van der Waals surface area contributed by atoms with Gasteiger partial charge in [-0.25, -0.2) is 4.79 Å². The molecule has 0 aliphatic rings. The Morgan fingerprint density at radius 3 is 2.33 bits per heavy atom. The zero-order chi connectivity index (χ0) is 11.7. The van der Waals surface area contributed by atoms with E-state index >= 15 is 0 Å². The lowest BCUT2D eigenvalue weighted by molar-refractivity contribution is -0.140. The first-order chi connectivity index (χ1) is 7.17. The van der Waals surface area contributed by atoms with E-state index in [9.17, 15) is 9.59 Å². The summed E-state index contributed by atoms with van der Waals surface area (Å²) in [5.74, 6) is -1.14. The number of ketones is 1. The summed E-state index contributed by atoms with van der Waals surface area (Å²) in [6.45, 7) is 3.83. The number of Topliss-reactive ketones (excluding diaryl/α,β-unsaturated/α-hetero) is 1. The van der Waals surface area contributed by atoms with E-state index in [2.05, 4.69) is 4.74 Å². The fourth-order valence-corrected chi connectivity index (χ4v) is 0.812. The van der Waals surface area contributed by atoms with Gasteiger partial charge < -0.3 is 14.2 Å². The summed E-state index contributed by atoms with van der Waals surface area (Å²) in [4.78, 5) is 22.7. The molecule has 0 saturated heterocycles. The van der Waals surface area contributed by atoms with Crippen molar-refractivity contribution in [2.75, 3.05) is 26.9 Å². The molecule has 5 heteroatoms. The number of carbonyl (C=O) groups is 2. The molecular weight excluding hydrogens is 200 g/mol. The van der Waals surface area contributed by atoms with Crippen LogP contribution in [-0.2, 0) is 23.8 Å². The molecule has 0 unspecified atom stereocenters. The van der Waals surface area contributed by atoms with Crippen molar-refractivity contribution in [3.05, 3.63) is 11.8 Å². The van der Waals surface area contributed by atoms with E-state index in [0.717, 1.165) is 6.26 Å². The Kier molecular flexibility index (Phi) is 7.27. The molecule has 0 atom stereocenters. The lowest BCUT2D eigenvalue weighted by Crippen LogP contribution is -2.20. The van der Waals surface area contributed by atoms with Crippen LogP contribution in [0, 0.1) is 0 Å². The third-order valence-electron chi connectivity index (χ3n) is 1.44. The van der Waals surface area contributed by atoms with Gasteiger partial charge in [0.2, 0.25) is 0 Å². The summed E-state index contributed by atoms with van der Waals surface area (Å²) in [5, 5.41) is 0. The molecular formula is C10H16O5. The Labute approximate surface area is 89.0 Å². The predicted molar refractivity (Wildman–Crippen MR) is 53.2 cm³/mol. The average molecular weight is 216 g/mol. The Morgan fingerprint density at radius 1 is 1.20 bits per heavy atom. The maximum atomic E-state index is 11.4. The quantitative estimate of drug-likeness (QED) is 0.206. The van der Waals surface area contributed by atoms with Gasteiger partial charge in [-0.2, -0.15) is 0 Å². The summed E-state index contributed by atoms with van der Waals surface area (Å²) >= 11 is 0. The lowest BCUT2D eigenvalue weighted by atomic mass is 10.2. The molecule has 0 fully saturated rings. The van der Waals surface area contributed by atoms with Crippen LogP contribution in [0.4, 0.5) is 0 Å². The standard InChI is InChI=1S/C10H16O5/c1-4-14-6-8(9(11)7-13-3)10(12)15-5-2/h6H,4-5,7H2,1-3H3/b8-6-. The number of hydrogen-bond donors (Lipinski definition) is 0. The van der Waals surface area contributed by atoms with Crippen LogP contribution in [-0.4, -0.2) is 38.7 Å². The van der Waals surface area contributed by atoms with Gasteiger partial charge in [-0.15, -0.1) is 0 Å². The second-order valence-corrected chi connectivity index (χ2v) is 2.56. The topological polar surface area (TPSA) is 61.8 Å². The van der Waals surface area contributed by atoms with Crippen LogP contribution >= 0.6 is 0 Å². The minimum absolute atomic E-state index is 0.124. The van der Waals surface area contributed by atoms with Crippen molar-refractivity contribution in [1.82, 2.24) is 0 Å². The average Bonchev–Trinajstić information content (AvgIpc) is 2.19. The van der Waals surface area contributed by atoms with Gasteiger partial charge in [0.05, 0.1) is 13.2 Å². The van der Waals surface area contributed by atoms with Crippen molar-refractivity contribution in [2.45, 2.75) is 13.8 Å². The zero-order valence-corrected chi connectivity index (χ0v) is 9.24. The maximum absolute atomic E-state index is 11.4. The molecule has 0 rings (SSSR count). The molecule has 0 N–H and O–H groups in total. The van der Waals surface area contributed by atoms with E-state index in [0.29, 0.717) is 6.61 Å². The van der Waals surface area contributed by atoms with Gasteiger partial charge in [-0.05, 0) is 13.8 Å². The first-order valence-corrected chi connectivity index (χ1v) is 4.68. The van der Waals surface area contributed by atoms with Crippen LogP contribution in [0.25, 0.3) is 0 Å². The first-order valence-electron chi connectivity index (χ1n) is 4.68. The molecule has 0 heterocycles. The lowest BCUT2D eigenvalue weighted by Gasteiger charge is -2.05. The second-order valence-electron chi connectivity index (χ2n) is 2.56. The molecule has 0 spiro atoms. The van der Waals surface area contributed by atoms with Crippen LogP contribution in [0.3, 0.4) is 0 Å². The van der Waals surface area contributed by atoms with Crippen molar-refractivity contribution >= 4 is 11.8 Å². The van der Waals surface area contributed by atoms with Crippen molar-refractivity contribution in [3.8, 4) is 0 Å². The Morgan fingerprint density at radius 2 is 1.87 bits per heavy atom. The highest BCUT2D eigenvalue weighted by Gasteiger charge is 2.19. The molecule has 0 aromatic carbocycles. The predicted octanol–water partition coefficient (Wildman–Crippen LogP) is 0.685. The molecule has 0 saturated carbocycles. The molecule has 15 heavy (non-hydrogen) atoms. The van der Waals surface area contributed by atoms with Crippen molar-refractivity contribution in [2.24, 2.45) is 0 Å². The van der Waals surface area contributed by atoms with Crippen LogP contribution < -0.4 is 0 Å². The number of hydrogen-bond acceptors (Lipinski definition) is 5. The van der Waals surface area contributed by atoms with Gasteiger partial charge in [0, 0.05) is 7.11 Å². The summed E-state index contributed by atoms with van der Waals surface area (Å²) < 4.78 is 14.2. The number of esters is 1. The molecule has 0 aromatic heterocycles. The summed E-state index contributed by atoms with van der Waals surface area (Å²) in [5.41, 5.74) is -0.124. The van der Waals surface area contributed by atoms with Gasteiger partial charge in [-0.3, -0.25) is 4.79 Å². The SMILES string of the molecule is CCO/C=C(/C(=O)COC)C(=O)OCC. The second kappa shape index (κ2) is 7.99. The van der Waals surface area contributed by atoms with Crippen molar-refractivity contribution < 1.29 is 23.8 Å². The monoisotopic (exact) mass is 216 g/mol. The molecule has 0 aliphatic carbocycles. The molecule has 0 bridgehead atoms. The number of ether oxygens (including phenoxy) is 3. The fourth-order valence-electron chi connectivity index (χ4n) is 0.812. The number of carbonyl (C=O) groups excluding carboxylic acids is 2. The van der Waals surface area contributed by atoms with Crippen molar-refractivity contribution in [1.29, 1.82) is 0 Å². The zero-order valence-electron chi connectivity index (χ0n) is 9.24. The van der Waals surface area contributed by atoms with E-state index in [1.54, 1.807) is 13.8 Å². The minimum Gasteiger partial charge on any atom is -0.500 e. The van der Waals surface area contributed by atoms with Gasteiger partial charge >= 0.3 is 5.97 Å². The number of rotatable bonds is 7. The van der Waals surface area contributed by atoms with Gasteiger partial charge in [-0.1, -0.05) is 0 Å². The fraction of sp³-hybridized carbons (Fsp3) is 0.600. The van der Waals surface area contributed by atoms with Crippen LogP contribution in [0.2, 0.25) is 0 Å². The summed E-state index contributed by atoms with van der Waals surface area (Å²) in [7, 11) is 1.38. The van der Waals surface area contributed by atoms with E-state index in [-0.39, 0.29) is 18.8 Å². The third-order valence-corrected chi connectivity index (χ3v) is 1.44. The van der Waals surface area contributed by atoms with Crippen molar-refractivity contribution in [3.63, 3.8) is 0 Å². The molecule has 86 valence electrons. The summed E-state index contributed by atoms with van der Waals surface area (Å²) in [6.07, 6.45) is 1.11. The highest BCUT2D eigenvalue weighted by Crippen LogP contribution is 2.01. The van der Waals surface area contributed by atoms with E-state index in [1.165, 1.54) is 7.11 Å². The Balaban J connectivity index is 4.57. The Hall–Kier alpha value is -1.36. The molecule has 0 aromatic rings. The first kappa shape index (κ1) is 13.6. The highest BCUT2D eigenvalue weighted by molar-refractivity contribution is 6.17. The smallest absolute Gasteiger partial charge is 0.345 e. The van der Waals surface area contributed by atoms with Gasteiger partial charge in [0.25, 0.3) is 0 Å². The molecule has 5 nitrogen and oxygen atoms in total. The van der Waals surface area contributed by atoms with Crippen LogP contribution in [0.15, 0.2) is 11.8 Å². The van der Waals surface area contributed by atoms with Crippen LogP contribution in [0.5, 0.6) is 0 Å². The maximum Gasteiger partial charge on any atom is 0.345 e. The molecule has 0 amide bonds. The van der Waals surface area contributed by atoms with E-state index in [1.807, 2.05) is 0 Å². The molecule has 0 aliphatic heterocycles. The van der Waals surface area contributed by atoms with Crippen LogP contribution in [0.1, 0.15) is 13.8 Å². The summed E-state index contributed by atoms with van der Waals surface area (Å²) in [6, 6.07) is 0. The largest absolute Gasteiger partial charge is 0.500 e. The minimum atomic E-state index is -0.687. The molecule has 0 radical (unpaired) electrons. The van der Waals surface area contributed by atoms with Gasteiger partial charge in [0.1, 0.15) is 18.4 Å².